The van der Waals surface area contributed by atoms with Crippen molar-refractivity contribution in [3.05, 3.63) is 82.1 Å². The summed E-state index contributed by atoms with van der Waals surface area (Å²) in [4.78, 5) is 33.8. The minimum Gasteiger partial charge on any atom is -0.365 e. The number of alkyl halides is 5. The standard InChI is InChI=1S/C29H20F6N8O2S/c1-3-42-11-17(12(2)41-42)15-8-20(29(33,34)35)39-28-21(15)22(23(46-28)25(36)44)40-27(45)16-10-37-43-19(24(31)32)9-18(38-26(16)43)13-4-6-14(30)7-5-13/h4-11,24H,3H2,1-2H3,(H2,36,44)(H,40,45). The van der Waals surface area contributed by atoms with E-state index in [4.69, 9.17) is 5.73 Å². The number of hydrogen-bond acceptors (Lipinski definition) is 7. The number of carbonyl (C=O) groups is 2. The number of anilines is 1. The predicted octanol–water partition coefficient (Wildman–Crippen LogP) is 6.64. The lowest BCUT2D eigenvalue weighted by molar-refractivity contribution is -0.140. The molecule has 0 aliphatic rings. The topological polar surface area (TPSA) is 133 Å². The maximum atomic E-state index is 14.1. The van der Waals surface area contributed by atoms with Crippen molar-refractivity contribution in [2.75, 3.05) is 5.32 Å². The summed E-state index contributed by atoms with van der Waals surface area (Å²) in [6.45, 7) is 3.78. The van der Waals surface area contributed by atoms with Crippen LogP contribution in [0, 0.1) is 12.7 Å². The molecule has 0 atom stereocenters. The van der Waals surface area contributed by atoms with Gasteiger partial charge in [-0.3, -0.25) is 14.3 Å². The largest absolute Gasteiger partial charge is 0.433 e. The number of benzene rings is 1. The Morgan fingerprint density at radius 1 is 1.09 bits per heavy atom. The van der Waals surface area contributed by atoms with Crippen molar-refractivity contribution in [2.45, 2.75) is 33.0 Å². The highest BCUT2D eigenvalue weighted by Gasteiger charge is 2.36. The highest BCUT2D eigenvalue weighted by Crippen LogP contribution is 2.44. The van der Waals surface area contributed by atoms with E-state index < -0.39 is 41.6 Å². The summed E-state index contributed by atoms with van der Waals surface area (Å²) >= 11 is 0.546. The molecule has 0 saturated carbocycles. The number of aromatic nitrogens is 6. The molecule has 0 aliphatic carbocycles. The van der Waals surface area contributed by atoms with E-state index in [0.717, 1.165) is 35.0 Å². The van der Waals surface area contributed by atoms with Crippen molar-refractivity contribution in [3.63, 3.8) is 0 Å². The molecule has 2 amide bonds. The van der Waals surface area contributed by atoms with Crippen molar-refractivity contribution in [1.29, 1.82) is 0 Å². The Hall–Kier alpha value is -5.32. The number of aryl methyl sites for hydroxylation is 2. The van der Waals surface area contributed by atoms with Crippen LogP contribution in [-0.2, 0) is 12.7 Å². The quantitative estimate of drug-likeness (QED) is 0.185. The van der Waals surface area contributed by atoms with Gasteiger partial charge in [0, 0.05) is 29.3 Å². The average molecular weight is 659 g/mol. The summed E-state index contributed by atoms with van der Waals surface area (Å²) in [5.41, 5.74) is 3.79. The van der Waals surface area contributed by atoms with Crippen molar-refractivity contribution in [1.82, 2.24) is 29.4 Å². The average Bonchev–Trinajstić information content (AvgIpc) is 3.71. The minimum absolute atomic E-state index is 0.00858. The Bertz CT molecular complexity index is 2170. The van der Waals surface area contributed by atoms with E-state index in [1.807, 2.05) is 0 Å². The third-order valence-corrected chi connectivity index (χ3v) is 8.18. The van der Waals surface area contributed by atoms with Crippen molar-refractivity contribution in [3.8, 4) is 22.4 Å². The second kappa shape index (κ2) is 11.2. The third-order valence-electron chi connectivity index (χ3n) is 7.08. The van der Waals surface area contributed by atoms with Gasteiger partial charge < -0.3 is 11.1 Å². The normalized spacial score (nSPS) is 12.0. The molecule has 6 rings (SSSR count). The van der Waals surface area contributed by atoms with Gasteiger partial charge in [0.25, 0.3) is 18.2 Å². The zero-order valence-corrected chi connectivity index (χ0v) is 24.5. The number of pyridine rings is 1. The first-order valence-corrected chi connectivity index (χ1v) is 14.2. The molecule has 0 saturated heterocycles. The molecule has 6 aromatic rings. The smallest absolute Gasteiger partial charge is 0.365 e. The highest BCUT2D eigenvalue weighted by molar-refractivity contribution is 7.21. The lowest BCUT2D eigenvalue weighted by atomic mass is 10.0. The molecule has 3 N–H and O–H groups in total. The van der Waals surface area contributed by atoms with Gasteiger partial charge in [0.1, 0.15) is 32.5 Å². The maximum Gasteiger partial charge on any atom is 0.433 e. The maximum absolute atomic E-state index is 14.1. The van der Waals surface area contributed by atoms with Gasteiger partial charge in [0.05, 0.1) is 23.3 Å². The van der Waals surface area contributed by atoms with E-state index in [9.17, 15) is 35.9 Å². The number of primary amides is 1. The monoisotopic (exact) mass is 658 g/mol. The van der Waals surface area contributed by atoms with Crippen LogP contribution in [0.3, 0.4) is 0 Å². The van der Waals surface area contributed by atoms with E-state index in [0.29, 0.717) is 23.6 Å². The number of carbonyl (C=O) groups excluding carboxylic acids is 2. The van der Waals surface area contributed by atoms with Crippen LogP contribution in [0.4, 0.5) is 32.0 Å². The van der Waals surface area contributed by atoms with Crippen LogP contribution in [0.5, 0.6) is 0 Å². The second-order valence-corrected chi connectivity index (χ2v) is 11.0. The van der Waals surface area contributed by atoms with Gasteiger partial charge in [-0.25, -0.2) is 27.7 Å². The number of nitrogens with one attached hydrogen (secondary N) is 1. The molecule has 0 bridgehead atoms. The molecule has 5 aromatic heterocycles. The fourth-order valence-electron chi connectivity index (χ4n) is 4.94. The number of fused-ring (bicyclic) bond motifs is 2. The number of nitrogens with two attached hydrogens (primary N) is 1. The van der Waals surface area contributed by atoms with Gasteiger partial charge in [0.15, 0.2) is 5.65 Å². The Morgan fingerprint density at radius 3 is 2.41 bits per heavy atom. The van der Waals surface area contributed by atoms with Crippen LogP contribution in [-0.4, -0.2) is 41.2 Å². The fourth-order valence-corrected chi connectivity index (χ4v) is 5.95. The van der Waals surface area contributed by atoms with Gasteiger partial charge in [-0.1, -0.05) is 0 Å². The van der Waals surface area contributed by atoms with Gasteiger partial charge in [-0.05, 0) is 55.8 Å². The third kappa shape index (κ3) is 5.31. The van der Waals surface area contributed by atoms with Gasteiger partial charge in [0.2, 0.25) is 0 Å². The molecule has 0 aliphatic heterocycles. The van der Waals surface area contributed by atoms with Gasteiger partial charge in [-0.2, -0.15) is 23.4 Å². The van der Waals surface area contributed by atoms with Crippen molar-refractivity contribution >= 4 is 44.7 Å². The Balaban J connectivity index is 1.55. The molecule has 0 unspecified atom stereocenters. The fraction of sp³-hybridized carbons (Fsp3) is 0.172. The zero-order chi connectivity index (χ0) is 33.1. The Labute approximate surface area is 258 Å². The van der Waals surface area contributed by atoms with E-state index in [-0.39, 0.29) is 54.4 Å². The highest BCUT2D eigenvalue weighted by atomic mass is 32.1. The van der Waals surface area contributed by atoms with Crippen LogP contribution in [0.2, 0.25) is 0 Å². The summed E-state index contributed by atoms with van der Waals surface area (Å²) in [7, 11) is 0. The summed E-state index contributed by atoms with van der Waals surface area (Å²) in [6, 6.07) is 6.71. The number of hydrogen-bond donors (Lipinski definition) is 2. The Kier molecular flexibility index (Phi) is 7.50. The summed E-state index contributed by atoms with van der Waals surface area (Å²) in [5.74, 6) is -2.60. The van der Waals surface area contributed by atoms with E-state index >= 15 is 0 Å². The number of halogens is 6. The minimum atomic E-state index is -4.86. The van der Waals surface area contributed by atoms with Crippen LogP contribution >= 0.6 is 11.3 Å². The van der Waals surface area contributed by atoms with Crippen LogP contribution in [0.1, 0.15) is 50.5 Å². The Morgan fingerprint density at radius 2 is 1.80 bits per heavy atom. The number of nitrogens with zero attached hydrogens (tertiary/aromatic N) is 6. The zero-order valence-electron chi connectivity index (χ0n) is 23.7. The van der Waals surface area contributed by atoms with Gasteiger partial charge in [-0.15, -0.1) is 11.3 Å². The summed E-state index contributed by atoms with van der Waals surface area (Å²) in [5, 5.41) is 10.7. The lowest BCUT2D eigenvalue weighted by Gasteiger charge is -2.12. The molecule has 1 aromatic carbocycles. The van der Waals surface area contributed by atoms with E-state index in [1.54, 1.807) is 13.8 Å². The van der Waals surface area contributed by atoms with E-state index in [1.165, 1.54) is 23.0 Å². The molecule has 10 nitrogen and oxygen atoms in total. The van der Waals surface area contributed by atoms with Crippen LogP contribution < -0.4 is 11.1 Å². The lowest BCUT2D eigenvalue weighted by Crippen LogP contribution is -2.17. The molecule has 0 spiro atoms. The number of amides is 2. The first-order valence-electron chi connectivity index (χ1n) is 13.4. The molecular formula is C29H20F6N8O2S. The van der Waals surface area contributed by atoms with Crippen molar-refractivity contribution < 1.29 is 35.9 Å². The predicted molar refractivity (Wildman–Crippen MR) is 156 cm³/mol. The first kappa shape index (κ1) is 30.7. The number of thiophene rings is 1. The summed E-state index contributed by atoms with van der Waals surface area (Å²) < 4.78 is 85.7. The SMILES string of the molecule is CCn1cc(-c2cc(C(F)(F)F)nc3sc(C(N)=O)c(NC(=O)c4cnn5c(C(F)F)cc(-c6ccc(F)cc6)nc45)c23)c(C)n1. The molecule has 236 valence electrons. The number of rotatable bonds is 7. The molecule has 0 fully saturated rings. The first-order chi connectivity index (χ1) is 21.8. The van der Waals surface area contributed by atoms with Crippen LogP contribution in [0.15, 0.2) is 48.8 Å². The summed E-state index contributed by atoms with van der Waals surface area (Å²) in [6.07, 6.45) is -5.40. The molecule has 5 heterocycles. The van der Waals surface area contributed by atoms with E-state index in [2.05, 4.69) is 25.5 Å². The molecule has 17 heteroatoms. The second-order valence-electron chi connectivity index (χ2n) is 10.0. The molecular weight excluding hydrogens is 638 g/mol. The van der Waals surface area contributed by atoms with Crippen LogP contribution in [0.25, 0.3) is 38.2 Å². The van der Waals surface area contributed by atoms with Gasteiger partial charge >= 0.3 is 6.18 Å². The molecule has 0 radical (unpaired) electrons. The molecule has 46 heavy (non-hydrogen) atoms. The van der Waals surface area contributed by atoms with Crippen molar-refractivity contribution in [2.24, 2.45) is 5.73 Å².